The zero-order chi connectivity index (χ0) is 28.6. The fraction of sp³-hybridized carbons (Fsp3) is 0.471. The van der Waals surface area contributed by atoms with Crippen molar-refractivity contribution >= 4 is 5.97 Å². The largest absolute Gasteiger partial charge is 0.490 e. The number of hydrogen-bond acceptors (Lipinski definition) is 4. The van der Waals surface area contributed by atoms with E-state index in [9.17, 15) is 13.6 Å². The van der Waals surface area contributed by atoms with Gasteiger partial charge in [-0.3, -0.25) is 4.98 Å². The van der Waals surface area contributed by atoms with Crippen molar-refractivity contribution in [2.45, 2.75) is 97.3 Å². The first-order valence-corrected chi connectivity index (χ1v) is 14.9. The number of esters is 1. The van der Waals surface area contributed by atoms with Gasteiger partial charge in [-0.1, -0.05) is 84.1 Å². The number of ether oxygens (including phenoxy) is 2. The number of carbonyl (C=O) groups excluding carboxylic acids is 1. The maximum atomic E-state index is 14.6. The molecule has 0 unspecified atom stereocenters. The van der Waals surface area contributed by atoms with Gasteiger partial charge in [-0.15, -0.1) is 0 Å². The van der Waals surface area contributed by atoms with Crippen molar-refractivity contribution in [2.24, 2.45) is 0 Å². The molecule has 2 aromatic carbocycles. The van der Waals surface area contributed by atoms with E-state index in [1.54, 1.807) is 24.3 Å². The van der Waals surface area contributed by atoms with Crippen LogP contribution in [0, 0.1) is 11.6 Å². The van der Waals surface area contributed by atoms with Crippen LogP contribution in [-0.2, 0) is 6.42 Å². The van der Waals surface area contributed by atoms with Gasteiger partial charge in [-0.25, -0.2) is 9.18 Å². The second-order valence-electron chi connectivity index (χ2n) is 10.3. The minimum atomic E-state index is -1.27. The van der Waals surface area contributed by atoms with E-state index in [1.807, 2.05) is 12.3 Å². The molecule has 0 saturated carbocycles. The number of nitrogens with zero attached hydrogens (tertiary/aromatic N) is 1. The molecule has 0 atom stereocenters. The van der Waals surface area contributed by atoms with Gasteiger partial charge >= 0.3 is 5.97 Å². The molecule has 0 bridgehead atoms. The molecule has 0 aliphatic heterocycles. The first kappa shape index (κ1) is 31.3. The first-order valence-electron chi connectivity index (χ1n) is 14.9. The molecule has 1 aromatic heterocycles. The summed E-state index contributed by atoms with van der Waals surface area (Å²) >= 11 is 0. The minimum absolute atomic E-state index is 0.197. The van der Waals surface area contributed by atoms with Crippen LogP contribution in [-0.4, -0.2) is 17.6 Å². The lowest BCUT2D eigenvalue weighted by Crippen LogP contribution is -2.12. The summed E-state index contributed by atoms with van der Waals surface area (Å²) in [6.07, 6.45) is 16.9. The molecule has 0 saturated heterocycles. The summed E-state index contributed by atoms with van der Waals surface area (Å²) < 4.78 is 39.9. The predicted octanol–water partition coefficient (Wildman–Crippen LogP) is 9.89. The molecule has 3 aromatic rings. The van der Waals surface area contributed by atoms with E-state index in [0.29, 0.717) is 6.61 Å². The normalized spacial score (nSPS) is 11.0. The molecule has 216 valence electrons. The number of benzene rings is 2. The summed E-state index contributed by atoms with van der Waals surface area (Å²) in [5.74, 6) is -3.38. The van der Waals surface area contributed by atoms with Crippen molar-refractivity contribution in [3.63, 3.8) is 0 Å². The lowest BCUT2D eigenvalue weighted by atomic mass is 10.1. The molecule has 0 aliphatic rings. The molecule has 4 nitrogen and oxygen atoms in total. The number of unbranched alkanes of at least 4 members (excludes halogenated alkanes) is 10. The smallest absolute Gasteiger partial charge is 0.346 e. The summed E-state index contributed by atoms with van der Waals surface area (Å²) in [4.78, 5) is 17.1. The first-order chi connectivity index (χ1) is 19.5. The fourth-order valence-electron chi connectivity index (χ4n) is 4.57. The van der Waals surface area contributed by atoms with Crippen molar-refractivity contribution in [2.75, 3.05) is 6.61 Å². The number of hydrogen-bond donors (Lipinski definition) is 0. The Hall–Kier alpha value is -3.28. The predicted molar refractivity (Wildman–Crippen MR) is 157 cm³/mol. The summed E-state index contributed by atoms with van der Waals surface area (Å²) in [6, 6.07) is 13.4. The van der Waals surface area contributed by atoms with E-state index in [-0.39, 0.29) is 11.5 Å². The van der Waals surface area contributed by atoms with Crippen LogP contribution in [0.15, 0.2) is 54.7 Å². The zero-order valence-corrected chi connectivity index (χ0v) is 24.0. The van der Waals surface area contributed by atoms with Crippen molar-refractivity contribution in [3.8, 4) is 22.8 Å². The number of rotatable bonds is 18. The van der Waals surface area contributed by atoms with Crippen LogP contribution in [0.1, 0.15) is 107 Å². The quantitative estimate of drug-likeness (QED) is 0.0897. The molecule has 0 N–H and O–H groups in total. The molecule has 0 amide bonds. The molecular formula is C34H43F2NO3. The third-order valence-corrected chi connectivity index (χ3v) is 7.03. The van der Waals surface area contributed by atoms with Gasteiger partial charge in [0.2, 0.25) is 5.82 Å². The van der Waals surface area contributed by atoms with Crippen LogP contribution in [0.3, 0.4) is 0 Å². The van der Waals surface area contributed by atoms with E-state index < -0.39 is 23.2 Å². The molecule has 3 rings (SSSR count). The van der Waals surface area contributed by atoms with Gasteiger partial charge in [0, 0.05) is 11.8 Å². The molecule has 6 heteroatoms. The van der Waals surface area contributed by atoms with Crippen molar-refractivity contribution < 1.29 is 23.0 Å². The number of pyridine rings is 1. The van der Waals surface area contributed by atoms with Crippen molar-refractivity contribution in [1.82, 2.24) is 4.98 Å². The summed E-state index contributed by atoms with van der Waals surface area (Å²) in [5.41, 5.74) is 2.43. The maximum absolute atomic E-state index is 14.6. The molecule has 0 spiro atoms. The summed E-state index contributed by atoms with van der Waals surface area (Å²) in [7, 11) is 0. The van der Waals surface area contributed by atoms with Crippen LogP contribution in [0.25, 0.3) is 11.3 Å². The number of halogens is 2. The Morgan fingerprint density at radius 2 is 1.38 bits per heavy atom. The maximum Gasteiger partial charge on any atom is 0.346 e. The van der Waals surface area contributed by atoms with Gasteiger partial charge in [0.15, 0.2) is 11.6 Å². The Morgan fingerprint density at radius 1 is 0.725 bits per heavy atom. The minimum Gasteiger partial charge on any atom is -0.490 e. The van der Waals surface area contributed by atoms with Gasteiger partial charge in [0.25, 0.3) is 0 Å². The molecule has 0 radical (unpaired) electrons. The lowest BCUT2D eigenvalue weighted by molar-refractivity contribution is 0.0728. The second kappa shape index (κ2) is 17.4. The highest BCUT2D eigenvalue weighted by molar-refractivity contribution is 5.91. The average Bonchev–Trinajstić information content (AvgIpc) is 2.97. The van der Waals surface area contributed by atoms with Gasteiger partial charge in [-0.05, 0) is 67.3 Å². The van der Waals surface area contributed by atoms with Crippen LogP contribution in [0.2, 0.25) is 0 Å². The molecule has 40 heavy (non-hydrogen) atoms. The van der Waals surface area contributed by atoms with Crippen LogP contribution >= 0.6 is 0 Å². The van der Waals surface area contributed by atoms with Gasteiger partial charge in [0.1, 0.15) is 5.75 Å². The standard InChI is InChI=1S/C34H43F2NO3/c1-3-5-7-9-11-13-15-26-16-22-30(37-25-26)27-17-19-28(20-18-27)40-34(38)29-21-23-31(33(36)32(29)35)39-24-14-12-10-8-6-4-2/h16-23,25H,3-15,24H2,1-2H3. The Kier molecular flexibility index (Phi) is 13.6. The van der Waals surface area contributed by atoms with Crippen LogP contribution < -0.4 is 9.47 Å². The highest BCUT2D eigenvalue weighted by Crippen LogP contribution is 2.26. The number of aryl methyl sites for hydroxylation is 1. The Balaban J connectivity index is 1.49. The summed E-state index contributed by atoms with van der Waals surface area (Å²) in [5, 5.41) is 0. The number of carbonyl (C=O) groups is 1. The van der Waals surface area contributed by atoms with Crippen LogP contribution in [0.4, 0.5) is 8.78 Å². The lowest BCUT2D eigenvalue weighted by Gasteiger charge is -2.11. The van der Waals surface area contributed by atoms with E-state index in [1.165, 1.54) is 75.5 Å². The SMILES string of the molecule is CCCCCCCCOc1ccc(C(=O)Oc2ccc(-c3ccc(CCCCCCCC)cn3)cc2)c(F)c1F. The van der Waals surface area contributed by atoms with E-state index >= 15 is 0 Å². The van der Waals surface area contributed by atoms with Crippen molar-refractivity contribution in [1.29, 1.82) is 0 Å². The summed E-state index contributed by atoms with van der Waals surface area (Å²) in [6.45, 7) is 4.68. The Labute approximate surface area is 238 Å². The monoisotopic (exact) mass is 551 g/mol. The van der Waals surface area contributed by atoms with Gasteiger partial charge in [-0.2, -0.15) is 4.39 Å². The van der Waals surface area contributed by atoms with E-state index in [2.05, 4.69) is 24.9 Å². The Bertz CT molecular complexity index is 1160. The zero-order valence-electron chi connectivity index (χ0n) is 24.0. The highest BCUT2D eigenvalue weighted by atomic mass is 19.2. The third kappa shape index (κ3) is 10.0. The fourth-order valence-corrected chi connectivity index (χ4v) is 4.57. The molecule has 0 aliphatic carbocycles. The Morgan fingerprint density at radius 3 is 2.02 bits per heavy atom. The van der Waals surface area contributed by atoms with E-state index in [0.717, 1.165) is 36.9 Å². The third-order valence-electron chi connectivity index (χ3n) is 7.03. The average molecular weight is 552 g/mol. The van der Waals surface area contributed by atoms with Crippen molar-refractivity contribution in [3.05, 3.63) is 77.5 Å². The topological polar surface area (TPSA) is 48.4 Å². The van der Waals surface area contributed by atoms with Gasteiger partial charge in [0.05, 0.1) is 17.9 Å². The highest BCUT2D eigenvalue weighted by Gasteiger charge is 2.21. The van der Waals surface area contributed by atoms with Crippen LogP contribution in [0.5, 0.6) is 11.5 Å². The molecule has 1 heterocycles. The van der Waals surface area contributed by atoms with E-state index in [4.69, 9.17) is 9.47 Å². The second-order valence-corrected chi connectivity index (χ2v) is 10.3. The molecule has 0 fully saturated rings. The van der Waals surface area contributed by atoms with Gasteiger partial charge < -0.3 is 9.47 Å². The molecular weight excluding hydrogens is 508 g/mol. The number of aromatic nitrogens is 1.